The van der Waals surface area contributed by atoms with Crippen LogP contribution in [0, 0.1) is 0 Å². The molecule has 1 aromatic carbocycles. The number of nitrogens with two attached hydrogens (primary N) is 1. The second-order valence-corrected chi connectivity index (χ2v) is 5.31. The molecule has 3 rings (SSSR count). The van der Waals surface area contributed by atoms with Crippen molar-refractivity contribution in [2.45, 2.75) is 5.16 Å². The quantitative estimate of drug-likeness (QED) is 0.569. The van der Waals surface area contributed by atoms with Crippen molar-refractivity contribution in [2.24, 2.45) is 0 Å². The topological polar surface area (TPSA) is 85.3 Å². The molecule has 0 fully saturated rings. The summed E-state index contributed by atoms with van der Waals surface area (Å²) in [7, 11) is 0. The van der Waals surface area contributed by atoms with Gasteiger partial charge in [-0.25, -0.2) is 0 Å². The fourth-order valence-corrected chi connectivity index (χ4v) is 2.54. The Hall–Kier alpha value is -2.54. The van der Waals surface area contributed by atoms with E-state index in [1.54, 1.807) is 24.3 Å². The van der Waals surface area contributed by atoms with Gasteiger partial charge >= 0.3 is 0 Å². The molecule has 3 aromatic rings. The molecule has 0 saturated carbocycles. The maximum absolute atomic E-state index is 11.9. The molecule has 0 unspecified atom stereocenters. The van der Waals surface area contributed by atoms with Gasteiger partial charge in [-0.15, -0.1) is 10.2 Å². The molecule has 0 bridgehead atoms. The highest BCUT2D eigenvalue weighted by Crippen LogP contribution is 2.17. The van der Waals surface area contributed by atoms with Crippen LogP contribution in [0.15, 0.2) is 53.8 Å². The van der Waals surface area contributed by atoms with E-state index in [1.165, 1.54) is 11.8 Å². The number of amides is 1. The Kier molecular flexibility index (Phi) is 3.74. The molecule has 3 N–H and O–H groups in total. The van der Waals surface area contributed by atoms with Crippen molar-refractivity contribution in [3.63, 3.8) is 0 Å². The van der Waals surface area contributed by atoms with Crippen LogP contribution in [0.4, 0.5) is 11.4 Å². The molecule has 0 spiro atoms. The van der Waals surface area contributed by atoms with Gasteiger partial charge in [-0.3, -0.25) is 9.20 Å². The summed E-state index contributed by atoms with van der Waals surface area (Å²) in [6.45, 7) is 0. The minimum absolute atomic E-state index is 0.0996. The molecule has 6 nitrogen and oxygen atoms in total. The Morgan fingerprint density at radius 2 is 2.00 bits per heavy atom. The summed E-state index contributed by atoms with van der Waals surface area (Å²) in [6, 6.07) is 12.7. The number of benzene rings is 1. The molecule has 21 heavy (non-hydrogen) atoms. The van der Waals surface area contributed by atoms with Gasteiger partial charge in [0.2, 0.25) is 5.91 Å². The van der Waals surface area contributed by atoms with Crippen LogP contribution in [0.5, 0.6) is 0 Å². The lowest BCUT2D eigenvalue weighted by Gasteiger charge is -2.04. The van der Waals surface area contributed by atoms with Crippen molar-refractivity contribution in [2.75, 3.05) is 16.8 Å². The number of fused-ring (bicyclic) bond motifs is 1. The second-order valence-electron chi connectivity index (χ2n) is 4.37. The zero-order valence-corrected chi connectivity index (χ0v) is 11.9. The van der Waals surface area contributed by atoms with Gasteiger partial charge in [0.05, 0.1) is 5.75 Å². The van der Waals surface area contributed by atoms with Crippen LogP contribution in [0.1, 0.15) is 0 Å². The predicted molar refractivity (Wildman–Crippen MR) is 83.2 cm³/mol. The number of nitrogen functional groups attached to an aromatic ring is 1. The van der Waals surface area contributed by atoms with Gasteiger partial charge in [-0.05, 0) is 36.4 Å². The minimum atomic E-state index is -0.0996. The van der Waals surface area contributed by atoms with E-state index in [9.17, 15) is 4.79 Å². The largest absolute Gasteiger partial charge is 0.399 e. The van der Waals surface area contributed by atoms with E-state index in [2.05, 4.69) is 15.5 Å². The van der Waals surface area contributed by atoms with Gasteiger partial charge in [0.25, 0.3) is 0 Å². The number of hydrogen-bond donors (Lipinski definition) is 2. The van der Waals surface area contributed by atoms with Crippen molar-refractivity contribution in [1.82, 2.24) is 14.6 Å². The summed E-state index contributed by atoms with van der Waals surface area (Å²) in [5.41, 5.74) is 7.75. The molecule has 1 amide bonds. The Morgan fingerprint density at radius 1 is 1.19 bits per heavy atom. The molecule has 7 heteroatoms. The number of anilines is 2. The number of carbonyl (C=O) groups excluding carboxylic acids is 1. The van der Waals surface area contributed by atoms with E-state index in [1.807, 2.05) is 28.8 Å². The van der Waals surface area contributed by atoms with Crippen molar-refractivity contribution in [3.8, 4) is 0 Å². The molecule has 0 aliphatic heterocycles. The molecule has 0 aliphatic carbocycles. The van der Waals surface area contributed by atoms with E-state index in [4.69, 9.17) is 5.73 Å². The first-order chi connectivity index (χ1) is 10.2. The van der Waals surface area contributed by atoms with Gasteiger partial charge in [0, 0.05) is 17.6 Å². The van der Waals surface area contributed by atoms with Gasteiger partial charge < -0.3 is 11.1 Å². The van der Waals surface area contributed by atoms with Gasteiger partial charge in [-0.2, -0.15) is 0 Å². The Balaban J connectivity index is 1.62. The summed E-state index contributed by atoms with van der Waals surface area (Å²) in [5.74, 6) is 0.164. The molecule has 2 aromatic heterocycles. The monoisotopic (exact) mass is 299 g/mol. The van der Waals surface area contributed by atoms with Crippen LogP contribution < -0.4 is 11.1 Å². The average Bonchev–Trinajstić information content (AvgIpc) is 2.91. The van der Waals surface area contributed by atoms with Gasteiger partial charge in [-0.1, -0.05) is 17.8 Å². The van der Waals surface area contributed by atoms with E-state index in [0.717, 1.165) is 11.3 Å². The van der Waals surface area contributed by atoms with Crippen molar-refractivity contribution < 1.29 is 4.79 Å². The van der Waals surface area contributed by atoms with E-state index in [-0.39, 0.29) is 11.7 Å². The van der Waals surface area contributed by atoms with E-state index in [0.29, 0.717) is 10.8 Å². The van der Waals surface area contributed by atoms with Crippen LogP contribution in [0.2, 0.25) is 0 Å². The zero-order valence-electron chi connectivity index (χ0n) is 11.1. The molecule has 0 atom stereocenters. The molecule has 0 saturated heterocycles. The smallest absolute Gasteiger partial charge is 0.234 e. The molecule has 106 valence electrons. The van der Waals surface area contributed by atoms with Crippen LogP contribution in [0.3, 0.4) is 0 Å². The third-order valence-electron chi connectivity index (χ3n) is 2.81. The molecule has 0 radical (unpaired) electrons. The average molecular weight is 299 g/mol. The standard InChI is InChI=1S/C14H13N5OS/c15-10-4-6-11(7-5-10)16-13(20)9-21-14-18-17-12-3-1-2-8-19(12)14/h1-8H,9,15H2,(H,16,20). The van der Waals surface area contributed by atoms with Gasteiger partial charge in [0.1, 0.15) is 0 Å². The first-order valence-corrected chi connectivity index (χ1v) is 7.29. The number of carbonyl (C=O) groups is 1. The lowest BCUT2D eigenvalue weighted by atomic mass is 10.3. The number of thioether (sulfide) groups is 1. The predicted octanol–water partition coefficient (Wildman–Crippen LogP) is 2.04. The lowest BCUT2D eigenvalue weighted by Crippen LogP contribution is -2.14. The summed E-state index contributed by atoms with van der Waals surface area (Å²) in [4.78, 5) is 11.9. The number of nitrogens with zero attached hydrogens (tertiary/aromatic N) is 3. The fourth-order valence-electron chi connectivity index (χ4n) is 1.81. The number of pyridine rings is 1. The molecular weight excluding hydrogens is 286 g/mol. The van der Waals surface area contributed by atoms with Crippen LogP contribution in [0.25, 0.3) is 5.65 Å². The second kappa shape index (κ2) is 5.84. The summed E-state index contributed by atoms with van der Waals surface area (Å²) < 4.78 is 1.85. The first kappa shape index (κ1) is 13.4. The summed E-state index contributed by atoms with van der Waals surface area (Å²) in [6.07, 6.45) is 1.87. The normalized spacial score (nSPS) is 10.7. The molecule has 0 aliphatic rings. The summed E-state index contributed by atoms with van der Waals surface area (Å²) >= 11 is 1.34. The Bertz CT molecular complexity index is 768. The highest BCUT2D eigenvalue weighted by atomic mass is 32.2. The van der Waals surface area contributed by atoms with E-state index >= 15 is 0 Å². The van der Waals surface area contributed by atoms with Gasteiger partial charge in [0.15, 0.2) is 10.8 Å². The maximum Gasteiger partial charge on any atom is 0.234 e. The van der Waals surface area contributed by atoms with Crippen molar-refractivity contribution in [3.05, 3.63) is 48.7 Å². The number of hydrogen-bond acceptors (Lipinski definition) is 5. The van der Waals surface area contributed by atoms with E-state index < -0.39 is 0 Å². The SMILES string of the molecule is Nc1ccc(NC(=O)CSc2nnc3ccccn23)cc1. The minimum Gasteiger partial charge on any atom is -0.399 e. The number of rotatable bonds is 4. The van der Waals surface area contributed by atoms with Crippen LogP contribution in [-0.4, -0.2) is 26.3 Å². The zero-order chi connectivity index (χ0) is 14.7. The highest BCUT2D eigenvalue weighted by Gasteiger charge is 2.08. The number of nitrogens with one attached hydrogen (secondary N) is 1. The highest BCUT2D eigenvalue weighted by molar-refractivity contribution is 7.99. The Morgan fingerprint density at radius 3 is 2.81 bits per heavy atom. The van der Waals surface area contributed by atoms with Crippen LogP contribution in [-0.2, 0) is 4.79 Å². The lowest BCUT2D eigenvalue weighted by molar-refractivity contribution is -0.113. The maximum atomic E-state index is 11.9. The third-order valence-corrected chi connectivity index (χ3v) is 3.75. The first-order valence-electron chi connectivity index (χ1n) is 6.30. The van der Waals surface area contributed by atoms with Crippen LogP contribution >= 0.6 is 11.8 Å². The third kappa shape index (κ3) is 3.14. The van der Waals surface area contributed by atoms with Crippen molar-refractivity contribution in [1.29, 1.82) is 0 Å². The summed E-state index contributed by atoms with van der Waals surface area (Å²) in [5, 5.41) is 11.6. The number of aromatic nitrogens is 3. The Labute approximate surface area is 125 Å². The molecule has 2 heterocycles. The fraction of sp³-hybridized carbons (Fsp3) is 0.0714. The van der Waals surface area contributed by atoms with Crippen molar-refractivity contribution >= 4 is 34.7 Å². The molecular formula is C14H13N5OS.